The molecule has 1 fully saturated rings. The molecule has 4 aromatic rings. The minimum Gasteiger partial charge on any atom is -0.493 e. The molecule has 1 saturated heterocycles. The van der Waals surface area contributed by atoms with E-state index in [1.165, 1.54) is 18.6 Å². The zero-order chi connectivity index (χ0) is 21.2. The zero-order valence-electron chi connectivity index (χ0n) is 17.6. The number of rotatable bonds is 7. The van der Waals surface area contributed by atoms with Crippen LogP contribution in [0, 0.1) is 5.82 Å². The normalized spacial score (nSPS) is 16.8. The van der Waals surface area contributed by atoms with Crippen LogP contribution >= 0.6 is 0 Å². The first-order chi connectivity index (χ1) is 15.2. The number of H-pyrrole nitrogens is 1. The molecule has 0 bridgehead atoms. The number of fused-ring (bicyclic) bond motifs is 2. The topological polar surface area (TPSA) is 63.5 Å². The fourth-order valence-electron chi connectivity index (χ4n) is 4.52. The maximum atomic E-state index is 13.5. The summed E-state index contributed by atoms with van der Waals surface area (Å²) in [5, 5.41) is 6.23. The number of nitrogens with zero attached hydrogens (tertiary/aromatic N) is 2. The van der Waals surface area contributed by atoms with E-state index in [0.717, 1.165) is 65.8 Å². The highest BCUT2D eigenvalue weighted by Gasteiger charge is 2.26. The molecule has 1 unspecified atom stereocenters. The quantitative estimate of drug-likeness (QED) is 0.388. The fraction of sp³-hybridized carbons (Fsp3) is 0.375. The number of anilines is 1. The summed E-state index contributed by atoms with van der Waals surface area (Å²) in [5.41, 5.74) is 1.53. The Bertz CT molecular complexity index is 1190. The molecule has 162 valence electrons. The van der Waals surface area contributed by atoms with Crippen LogP contribution in [0.15, 0.2) is 47.1 Å². The van der Waals surface area contributed by atoms with Gasteiger partial charge in [0.1, 0.15) is 5.82 Å². The predicted molar refractivity (Wildman–Crippen MR) is 119 cm³/mol. The standard InChI is InChI=1S/C24H26FN3O3/c1-29-22-13-16-9-10-26-20(16)15-23(22)30-12-4-6-18-5-2-3-11-28(18)24-19-8-7-17(25)14-21(19)31-27-24/h7-10,13-15,18,26H,2-6,11-12H2,1H3. The number of ether oxygens (including phenoxy) is 2. The Balaban J connectivity index is 1.25. The second-order valence-corrected chi connectivity index (χ2v) is 8.05. The summed E-state index contributed by atoms with van der Waals surface area (Å²) in [4.78, 5) is 5.53. The van der Waals surface area contributed by atoms with Crippen LogP contribution in [0.1, 0.15) is 32.1 Å². The molecule has 1 aliphatic heterocycles. The van der Waals surface area contributed by atoms with E-state index < -0.39 is 0 Å². The van der Waals surface area contributed by atoms with Gasteiger partial charge in [-0.15, -0.1) is 0 Å². The van der Waals surface area contributed by atoms with Crippen molar-refractivity contribution in [3.8, 4) is 11.5 Å². The molecule has 0 saturated carbocycles. The third-order valence-corrected chi connectivity index (χ3v) is 6.09. The Morgan fingerprint density at radius 2 is 2.13 bits per heavy atom. The van der Waals surface area contributed by atoms with Gasteiger partial charge in [-0.3, -0.25) is 0 Å². The Morgan fingerprint density at radius 3 is 3.03 bits per heavy atom. The van der Waals surface area contributed by atoms with Crippen molar-refractivity contribution in [2.45, 2.75) is 38.1 Å². The van der Waals surface area contributed by atoms with Crippen LogP contribution < -0.4 is 14.4 Å². The molecule has 0 spiro atoms. The average molecular weight is 423 g/mol. The molecule has 1 atom stereocenters. The molecule has 1 N–H and O–H groups in total. The van der Waals surface area contributed by atoms with Crippen molar-refractivity contribution in [3.63, 3.8) is 0 Å². The maximum absolute atomic E-state index is 13.5. The van der Waals surface area contributed by atoms with Crippen molar-refractivity contribution in [3.05, 3.63) is 48.4 Å². The van der Waals surface area contributed by atoms with Crippen molar-refractivity contribution < 1.29 is 18.4 Å². The van der Waals surface area contributed by atoms with Gasteiger partial charge in [0.15, 0.2) is 22.9 Å². The van der Waals surface area contributed by atoms with Crippen molar-refractivity contribution in [1.82, 2.24) is 10.1 Å². The van der Waals surface area contributed by atoms with E-state index in [1.54, 1.807) is 13.2 Å². The number of nitrogens with one attached hydrogen (secondary N) is 1. The van der Waals surface area contributed by atoms with Crippen LogP contribution in [-0.4, -0.2) is 36.4 Å². The highest BCUT2D eigenvalue weighted by Crippen LogP contribution is 2.34. The van der Waals surface area contributed by atoms with E-state index in [-0.39, 0.29) is 5.82 Å². The predicted octanol–water partition coefficient (Wildman–Crippen LogP) is 5.67. The smallest absolute Gasteiger partial charge is 0.180 e. The summed E-state index contributed by atoms with van der Waals surface area (Å²) in [6.45, 7) is 1.54. The summed E-state index contributed by atoms with van der Waals surface area (Å²) in [7, 11) is 1.66. The van der Waals surface area contributed by atoms with E-state index in [1.807, 2.05) is 24.4 Å². The fourth-order valence-corrected chi connectivity index (χ4v) is 4.52. The molecule has 0 amide bonds. The number of hydrogen-bond acceptors (Lipinski definition) is 5. The number of halogens is 1. The summed E-state index contributed by atoms with van der Waals surface area (Å²) < 4.78 is 30.5. The van der Waals surface area contributed by atoms with Gasteiger partial charge in [0.2, 0.25) is 0 Å². The summed E-state index contributed by atoms with van der Waals surface area (Å²) in [6.07, 6.45) is 7.24. The van der Waals surface area contributed by atoms with Gasteiger partial charge in [-0.1, -0.05) is 5.16 Å². The van der Waals surface area contributed by atoms with Crippen molar-refractivity contribution in [2.75, 3.05) is 25.2 Å². The van der Waals surface area contributed by atoms with Crippen LogP contribution in [0.5, 0.6) is 11.5 Å². The Hall–Kier alpha value is -3.22. The first-order valence-corrected chi connectivity index (χ1v) is 10.8. The number of methoxy groups -OCH3 is 1. The second-order valence-electron chi connectivity index (χ2n) is 8.05. The lowest BCUT2D eigenvalue weighted by molar-refractivity contribution is 0.277. The summed E-state index contributed by atoms with van der Waals surface area (Å²) in [5.74, 6) is 2.00. The lowest BCUT2D eigenvalue weighted by atomic mass is 9.97. The molecule has 2 aromatic carbocycles. The van der Waals surface area contributed by atoms with Gasteiger partial charge >= 0.3 is 0 Å². The van der Waals surface area contributed by atoms with Crippen molar-refractivity contribution in [1.29, 1.82) is 0 Å². The lowest BCUT2D eigenvalue weighted by Gasteiger charge is -2.36. The summed E-state index contributed by atoms with van der Waals surface area (Å²) >= 11 is 0. The van der Waals surface area contributed by atoms with Gasteiger partial charge < -0.3 is 23.9 Å². The Morgan fingerprint density at radius 1 is 1.19 bits per heavy atom. The number of aromatic nitrogens is 2. The van der Waals surface area contributed by atoms with E-state index in [2.05, 4.69) is 15.0 Å². The number of piperidine rings is 1. The summed E-state index contributed by atoms with van der Waals surface area (Å²) in [6, 6.07) is 11.0. The third-order valence-electron chi connectivity index (χ3n) is 6.09. The van der Waals surface area contributed by atoms with Gasteiger partial charge in [-0.25, -0.2) is 4.39 Å². The number of benzene rings is 2. The van der Waals surface area contributed by atoms with Crippen LogP contribution in [0.25, 0.3) is 21.9 Å². The minimum atomic E-state index is -0.310. The average Bonchev–Trinajstić information content (AvgIpc) is 3.42. The SMILES string of the molecule is COc1cc2cc[nH]c2cc1OCCCC1CCCCN1c1noc2cc(F)ccc12. The molecule has 3 heterocycles. The monoisotopic (exact) mass is 423 g/mol. The Kier molecular flexibility index (Phi) is 5.40. The molecule has 31 heavy (non-hydrogen) atoms. The number of aromatic amines is 1. The molecular weight excluding hydrogens is 397 g/mol. The second kappa shape index (κ2) is 8.49. The number of hydrogen-bond donors (Lipinski definition) is 1. The van der Waals surface area contributed by atoms with Gasteiger partial charge in [0.25, 0.3) is 0 Å². The van der Waals surface area contributed by atoms with Crippen LogP contribution in [0.4, 0.5) is 10.2 Å². The highest BCUT2D eigenvalue weighted by atomic mass is 19.1. The molecule has 2 aromatic heterocycles. The molecular formula is C24H26FN3O3. The lowest BCUT2D eigenvalue weighted by Crippen LogP contribution is -2.40. The van der Waals surface area contributed by atoms with E-state index in [9.17, 15) is 4.39 Å². The molecule has 0 aliphatic carbocycles. The molecule has 7 heteroatoms. The zero-order valence-corrected chi connectivity index (χ0v) is 17.6. The van der Waals surface area contributed by atoms with Gasteiger partial charge in [0.05, 0.1) is 19.1 Å². The van der Waals surface area contributed by atoms with Crippen LogP contribution in [0.2, 0.25) is 0 Å². The highest BCUT2D eigenvalue weighted by molar-refractivity contribution is 5.88. The van der Waals surface area contributed by atoms with E-state index in [0.29, 0.717) is 18.2 Å². The van der Waals surface area contributed by atoms with E-state index in [4.69, 9.17) is 14.0 Å². The van der Waals surface area contributed by atoms with Crippen molar-refractivity contribution >= 4 is 27.7 Å². The van der Waals surface area contributed by atoms with Crippen LogP contribution in [-0.2, 0) is 0 Å². The minimum absolute atomic E-state index is 0.310. The largest absolute Gasteiger partial charge is 0.493 e. The first-order valence-electron chi connectivity index (χ1n) is 10.8. The van der Waals surface area contributed by atoms with Crippen LogP contribution in [0.3, 0.4) is 0 Å². The third kappa shape index (κ3) is 3.92. The van der Waals surface area contributed by atoms with Gasteiger partial charge in [-0.2, -0.15) is 0 Å². The van der Waals surface area contributed by atoms with Gasteiger partial charge in [0, 0.05) is 41.8 Å². The van der Waals surface area contributed by atoms with Crippen molar-refractivity contribution in [2.24, 2.45) is 0 Å². The molecule has 1 aliphatic rings. The molecule has 6 nitrogen and oxygen atoms in total. The molecule has 0 radical (unpaired) electrons. The van der Waals surface area contributed by atoms with Gasteiger partial charge in [-0.05, 0) is 56.4 Å². The van der Waals surface area contributed by atoms with E-state index >= 15 is 0 Å². The Labute approximate surface area is 179 Å². The maximum Gasteiger partial charge on any atom is 0.180 e. The first kappa shape index (κ1) is 19.7. The molecule has 5 rings (SSSR count).